The molecule has 4 unspecified atom stereocenters. The van der Waals surface area contributed by atoms with Crippen LogP contribution in [0.2, 0.25) is 0 Å². The minimum atomic E-state index is 0.368. The Morgan fingerprint density at radius 3 is 2.69 bits per heavy atom. The van der Waals surface area contributed by atoms with Crippen LogP contribution in [0, 0.1) is 35.0 Å². The molecule has 35 heavy (non-hydrogen) atoms. The number of hydrogen-bond acceptors (Lipinski definition) is 3. The number of rotatable bonds is 8. The van der Waals surface area contributed by atoms with Crippen molar-refractivity contribution in [3.63, 3.8) is 0 Å². The Morgan fingerprint density at radius 1 is 1.17 bits per heavy atom. The summed E-state index contributed by atoms with van der Waals surface area (Å²) in [4.78, 5) is 2.75. The van der Waals surface area contributed by atoms with Gasteiger partial charge in [0.25, 0.3) is 0 Å². The lowest BCUT2D eigenvalue weighted by atomic mass is 9.65. The number of allylic oxidation sites excluding steroid dienone is 5. The molecule has 0 aromatic rings. The number of nitrogens with zero attached hydrogens (tertiary/aromatic N) is 1. The first kappa shape index (κ1) is 27.4. The first-order valence-electron chi connectivity index (χ1n) is 14.6. The Bertz CT molecular complexity index is 782. The minimum absolute atomic E-state index is 0.368. The molecule has 0 spiro atoms. The van der Waals surface area contributed by atoms with E-state index < -0.39 is 0 Å². The van der Waals surface area contributed by atoms with Gasteiger partial charge in [0.15, 0.2) is 0 Å². The van der Waals surface area contributed by atoms with Crippen molar-refractivity contribution in [1.82, 2.24) is 10.2 Å². The van der Waals surface area contributed by atoms with Crippen LogP contribution in [0.25, 0.3) is 0 Å². The highest BCUT2D eigenvalue weighted by Gasteiger charge is 2.40. The fourth-order valence-electron chi connectivity index (χ4n) is 7.64. The van der Waals surface area contributed by atoms with E-state index in [-0.39, 0.29) is 0 Å². The number of nitrogens with two attached hydrogens (primary N) is 1. The van der Waals surface area contributed by atoms with Gasteiger partial charge in [-0.25, -0.2) is 0 Å². The molecule has 0 bridgehead atoms. The second-order valence-electron chi connectivity index (χ2n) is 13.3. The first-order chi connectivity index (χ1) is 16.7. The summed E-state index contributed by atoms with van der Waals surface area (Å²) in [5.74, 6) is 3.72. The van der Waals surface area contributed by atoms with E-state index in [4.69, 9.17) is 17.3 Å². The lowest BCUT2D eigenvalue weighted by Crippen LogP contribution is -2.53. The topological polar surface area (TPSA) is 41.3 Å². The Hall–Kier alpha value is -0.610. The summed E-state index contributed by atoms with van der Waals surface area (Å²) in [6.45, 7) is 14.4. The quantitative estimate of drug-likeness (QED) is 0.380. The van der Waals surface area contributed by atoms with Crippen molar-refractivity contribution >= 4 is 11.6 Å². The molecule has 1 aliphatic heterocycles. The molecular weight excluding hydrogens is 450 g/mol. The van der Waals surface area contributed by atoms with E-state index in [9.17, 15) is 0 Å². The van der Waals surface area contributed by atoms with Crippen LogP contribution < -0.4 is 11.1 Å². The number of piperidine rings is 1. The maximum Gasteiger partial charge on any atom is 0.0221 e. The Labute approximate surface area is 221 Å². The van der Waals surface area contributed by atoms with Gasteiger partial charge in [-0.1, -0.05) is 75.6 Å². The highest BCUT2D eigenvalue weighted by Crippen LogP contribution is 2.45. The monoisotopic (exact) mass is 501 g/mol. The van der Waals surface area contributed by atoms with Gasteiger partial charge >= 0.3 is 0 Å². The van der Waals surface area contributed by atoms with Crippen LogP contribution in [0.5, 0.6) is 0 Å². The minimum Gasteiger partial charge on any atom is -0.328 e. The van der Waals surface area contributed by atoms with Gasteiger partial charge < -0.3 is 16.0 Å². The molecule has 3 aliphatic carbocycles. The highest BCUT2D eigenvalue weighted by atomic mass is 35.5. The molecular formula is C31H52ClN3. The molecule has 198 valence electrons. The average molecular weight is 502 g/mol. The Kier molecular flexibility index (Phi) is 9.63. The van der Waals surface area contributed by atoms with Crippen LogP contribution in [-0.2, 0) is 0 Å². The SMILES string of the molecule is CC(C)[C@H](CN1CC[C@H](C2CC=C(Cl)CC2)C(C)(C)C1)NCC1=CC=CC(C2CCCC(N)C2)C1. The van der Waals surface area contributed by atoms with Crippen LogP contribution >= 0.6 is 11.6 Å². The summed E-state index contributed by atoms with van der Waals surface area (Å²) in [5, 5.41) is 5.07. The fourth-order valence-corrected chi connectivity index (χ4v) is 7.84. The summed E-state index contributed by atoms with van der Waals surface area (Å²) < 4.78 is 0. The Morgan fingerprint density at radius 2 is 2.00 bits per heavy atom. The molecule has 4 heteroatoms. The maximum absolute atomic E-state index is 6.30. The third-order valence-corrected chi connectivity index (χ3v) is 10.1. The number of hydrogen-bond donors (Lipinski definition) is 2. The van der Waals surface area contributed by atoms with Crippen molar-refractivity contribution < 1.29 is 0 Å². The largest absolute Gasteiger partial charge is 0.328 e. The third kappa shape index (κ3) is 7.46. The lowest BCUT2D eigenvalue weighted by Gasteiger charge is -2.49. The van der Waals surface area contributed by atoms with Crippen LogP contribution in [0.3, 0.4) is 0 Å². The zero-order valence-corrected chi connectivity index (χ0v) is 23.7. The van der Waals surface area contributed by atoms with E-state index in [1.807, 2.05) is 0 Å². The van der Waals surface area contributed by atoms with Crippen molar-refractivity contribution in [2.24, 2.45) is 40.7 Å². The zero-order valence-electron chi connectivity index (χ0n) is 22.9. The number of likely N-dealkylation sites (tertiary alicyclic amines) is 1. The average Bonchev–Trinajstić information content (AvgIpc) is 2.82. The summed E-state index contributed by atoms with van der Waals surface area (Å²) in [6, 6.07) is 0.952. The molecule has 6 atom stereocenters. The number of nitrogens with one attached hydrogen (secondary N) is 1. The normalized spacial score (nSPS) is 35.0. The van der Waals surface area contributed by atoms with Gasteiger partial charge in [-0.3, -0.25) is 0 Å². The summed E-state index contributed by atoms with van der Waals surface area (Å²) in [7, 11) is 0. The van der Waals surface area contributed by atoms with E-state index >= 15 is 0 Å². The molecule has 0 aromatic carbocycles. The third-order valence-electron chi connectivity index (χ3n) is 9.76. The molecule has 1 heterocycles. The molecule has 3 N–H and O–H groups in total. The summed E-state index contributed by atoms with van der Waals surface area (Å²) >= 11 is 6.27. The van der Waals surface area contributed by atoms with Crippen LogP contribution in [-0.4, -0.2) is 43.2 Å². The van der Waals surface area contributed by atoms with Crippen molar-refractivity contribution in [3.8, 4) is 0 Å². The fraction of sp³-hybridized carbons (Fsp3) is 0.806. The second kappa shape index (κ2) is 12.3. The van der Waals surface area contributed by atoms with Gasteiger partial charge in [0.1, 0.15) is 0 Å². The van der Waals surface area contributed by atoms with Gasteiger partial charge in [-0.05, 0) is 92.9 Å². The molecule has 1 saturated carbocycles. The molecule has 4 aliphatic rings. The predicted octanol–water partition coefficient (Wildman–Crippen LogP) is 6.89. The molecule has 1 saturated heterocycles. The van der Waals surface area contributed by atoms with Gasteiger partial charge in [0.2, 0.25) is 0 Å². The molecule has 0 amide bonds. The van der Waals surface area contributed by atoms with E-state index in [1.165, 1.54) is 64.5 Å². The number of halogens is 1. The molecule has 4 rings (SSSR count). The van der Waals surface area contributed by atoms with Gasteiger partial charge in [0.05, 0.1) is 0 Å². The standard InChI is InChI=1S/C31H52ClN3/c1-22(2)30(34-19-23-7-5-8-25(17-23)26-9-6-10-28(33)18-26)20-35-16-15-29(31(3,4)21-35)24-11-13-27(32)14-12-24/h5,7-8,13,22,24-26,28-30,34H,6,9-12,14-21,33H2,1-4H3/t24?,25?,26?,28?,29-,30+/m1/s1. The van der Waals surface area contributed by atoms with E-state index in [0.717, 1.165) is 42.3 Å². The van der Waals surface area contributed by atoms with Gasteiger partial charge in [-0.15, -0.1) is 0 Å². The lowest BCUT2D eigenvalue weighted by molar-refractivity contribution is 0.0120. The highest BCUT2D eigenvalue weighted by molar-refractivity contribution is 6.29. The van der Waals surface area contributed by atoms with Gasteiger partial charge in [-0.2, -0.15) is 0 Å². The summed E-state index contributed by atoms with van der Waals surface area (Å²) in [5.41, 5.74) is 8.24. The van der Waals surface area contributed by atoms with E-state index in [2.05, 4.69) is 62.2 Å². The van der Waals surface area contributed by atoms with Crippen LogP contribution in [0.1, 0.15) is 85.5 Å². The smallest absolute Gasteiger partial charge is 0.0221 e. The van der Waals surface area contributed by atoms with Crippen LogP contribution in [0.4, 0.5) is 0 Å². The van der Waals surface area contributed by atoms with Crippen LogP contribution in [0.15, 0.2) is 34.9 Å². The summed E-state index contributed by atoms with van der Waals surface area (Å²) in [6.07, 6.45) is 20.6. The maximum atomic E-state index is 6.30. The van der Waals surface area contributed by atoms with Crippen molar-refractivity contribution in [2.45, 2.75) is 97.6 Å². The Balaban J connectivity index is 1.27. The van der Waals surface area contributed by atoms with Gasteiger partial charge in [0, 0.05) is 36.8 Å². The van der Waals surface area contributed by atoms with Crippen molar-refractivity contribution in [2.75, 3.05) is 26.2 Å². The molecule has 2 fully saturated rings. The molecule has 0 aromatic heterocycles. The zero-order chi connectivity index (χ0) is 25.0. The van der Waals surface area contributed by atoms with E-state index in [1.54, 1.807) is 5.57 Å². The van der Waals surface area contributed by atoms with Crippen molar-refractivity contribution in [1.29, 1.82) is 0 Å². The molecule has 3 nitrogen and oxygen atoms in total. The second-order valence-corrected chi connectivity index (χ2v) is 13.8. The van der Waals surface area contributed by atoms with Crippen molar-refractivity contribution in [3.05, 3.63) is 34.9 Å². The van der Waals surface area contributed by atoms with E-state index in [0.29, 0.717) is 29.3 Å². The predicted molar refractivity (Wildman–Crippen MR) is 151 cm³/mol. The first-order valence-corrected chi connectivity index (χ1v) is 15.0. The molecule has 0 radical (unpaired) electrons.